The Morgan fingerprint density at radius 3 is 2.90 bits per heavy atom. The van der Waals surface area contributed by atoms with Crippen LogP contribution in [0.3, 0.4) is 0 Å². The van der Waals surface area contributed by atoms with Crippen LogP contribution in [0.1, 0.15) is 66.6 Å². The van der Waals surface area contributed by atoms with Crippen molar-refractivity contribution in [1.29, 1.82) is 0 Å². The first-order chi connectivity index (χ1) is 14.0. The summed E-state index contributed by atoms with van der Waals surface area (Å²) in [6, 6.07) is 9.98. The predicted octanol–water partition coefficient (Wildman–Crippen LogP) is 5.56. The maximum Gasteiger partial charge on any atom is 0.345 e. The number of aromatic nitrogens is 1. The summed E-state index contributed by atoms with van der Waals surface area (Å²) in [6.45, 7) is 7.34. The van der Waals surface area contributed by atoms with Gasteiger partial charge in [0.25, 0.3) is 0 Å². The van der Waals surface area contributed by atoms with Crippen molar-refractivity contribution in [3.8, 4) is 11.5 Å². The first-order valence-corrected chi connectivity index (χ1v) is 10.3. The van der Waals surface area contributed by atoms with Crippen LogP contribution in [-0.4, -0.2) is 17.6 Å². The average molecular weight is 387 g/mol. The molecule has 1 aliphatic carbocycles. The Hall–Kier alpha value is -2.88. The fourth-order valence-corrected chi connectivity index (χ4v) is 4.88. The SMILES string of the molecule is CC1COc2c1c(OC(=O)c1cccnc1)cc1c3c(ccc21)C(C)(C)CCC3. The van der Waals surface area contributed by atoms with Gasteiger partial charge in [0.05, 0.1) is 12.2 Å². The topological polar surface area (TPSA) is 48.4 Å². The van der Waals surface area contributed by atoms with Crippen LogP contribution in [0.25, 0.3) is 10.8 Å². The number of ether oxygens (including phenoxy) is 2. The van der Waals surface area contributed by atoms with Gasteiger partial charge in [0.1, 0.15) is 11.5 Å². The van der Waals surface area contributed by atoms with Gasteiger partial charge in [-0.05, 0) is 59.4 Å². The minimum absolute atomic E-state index is 0.154. The van der Waals surface area contributed by atoms with Gasteiger partial charge >= 0.3 is 5.97 Å². The lowest BCUT2D eigenvalue weighted by atomic mass is 9.71. The van der Waals surface area contributed by atoms with Gasteiger partial charge in [-0.3, -0.25) is 4.98 Å². The minimum Gasteiger partial charge on any atom is -0.492 e. The smallest absolute Gasteiger partial charge is 0.345 e. The summed E-state index contributed by atoms with van der Waals surface area (Å²) in [5.41, 5.74) is 4.35. The zero-order valence-corrected chi connectivity index (χ0v) is 17.1. The van der Waals surface area contributed by atoms with Crippen molar-refractivity contribution in [3.05, 3.63) is 65.0 Å². The number of benzene rings is 2. The molecule has 2 heterocycles. The standard InChI is InChI=1S/C25H25NO3/c1-15-14-28-23-18-8-9-20-17(7-4-10-25(20,2)3)19(18)12-21(22(15)23)29-24(27)16-6-5-11-26-13-16/h5-6,8-9,11-13,15H,4,7,10,14H2,1-3H3. The summed E-state index contributed by atoms with van der Waals surface area (Å²) in [7, 11) is 0. The third-order valence-corrected chi connectivity index (χ3v) is 6.42. The molecular weight excluding hydrogens is 362 g/mol. The highest BCUT2D eigenvalue weighted by Gasteiger charge is 2.33. The lowest BCUT2D eigenvalue weighted by molar-refractivity contribution is 0.0733. The third-order valence-electron chi connectivity index (χ3n) is 6.42. The van der Waals surface area contributed by atoms with E-state index in [0.29, 0.717) is 17.9 Å². The molecule has 4 nitrogen and oxygen atoms in total. The Kier molecular flexibility index (Phi) is 4.12. The van der Waals surface area contributed by atoms with Crippen molar-refractivity contribution in [1.82, 2.24) is 4.98 Å². The molecule has 2 aromatic carbocycles. The number of hydrogen-bond donors (Lipinski definition) is 0. The van der Waals surface area contributed by atoms with Gasteiger partial charge in [-0.15, -0.1) is 0 Å². The number of nitrogens with zero attached hydrogens (tertiary/aromatic N) is 1. The maximum atomic E-state index is 12.7. The summed E-state index contributed by atoms with van der Waals surface area (Å²) in [5.74, 6) is 1.28. The fraction of sp³-hybridized carbons (Fsp3) is 0.360. The number of aryl methyl sites for hydroxylation is 1. The molecule has 0 radical (unpaired) electrons. The van der Waals surface area contributed by atoms with E-state index in [4.69, 9.17) is 9.47 Å². The van der Waals surface area contributed by atoms with Crippen LogP contribution in [0.5, 0.6) is 11.5 Å². The normalized spacial score (nSPS) is 19.3. The van der Waals surface area contributed by atoms with Gasteiger partial charge < -0.3 is 9.47 Å². The molecule has 0 saturated heterocycles. The highest BCUT2D eigenvalue weighted by atomic mass is 16.5. The zero-order chi connectivity index (χ0) is 20.2. The summed E-state index contributed by atoms with van der Waals surface area (Å²) in [4.78, 5) is 16.8. The average Bonchev–Trinajstić information content (AvgIpc) is 3.11. The van der Waals surface area contributed by atoms with E-state index < -0.39 is 0 Å². The summed E-state index contributed by atoms with van der Waals surface area (Å²) >= 11 is 0. The Morgan fingerprint density at radius 2 is 2.10 bits per heavy atom. The van der Waals surface area contributed by atoms with E-state index in [9.17, 15) is 4.79 Å². The van der Waals surface area contributed by atoms with Crippen LogP contribution in [-0.2, 0) is 11.8 Å². The second-order valence-corrected chi connectivity index (χ2v) is 8.89. The monoisotopic (exact) mass is 387 g/mol. The van der Waals surface area contributed by atoms with E-state index in [2.05, 4.69) is 44.0 Å². The molecule has 4 heteroatoms. The molecule has 1 unspecified atom stereocenters. The number of fused-ring (bicyclic) bond motifs is 5. The number of pyridine rings is 1. The Morgan fingerprint density at radius 1 is 1.24 bits per heavy atom. The first-order valence-electron chi connectivity index (χ1n) is 10.3. The zero-order valence-electron chi connectivity index (χ0n) is 17.1. The lowest BCUT2D eigenvalue weighted by Crippen LogP contribution is -2.23. The van der Waals surface area contributed by atoms with Crippen molar-refractivity contribution in [2.45, 2.75) is 51.4 Å². The molecule has 0 bridgehead atoms. The molecule has 0 saturated carbocycles. The fourth-order valence-electron chi connectivity index (χ4n) is 4.88. The Bertz CT molecular complexity index is 1120. The van der Waals surface area contributed by atoms with Crippen molar-refractivity contribution >= 4 is 16.7 Å². The molecule has 0 N–H and O–H groups in total. The summed E-state index contributed by atoms with van der Waals surface area (Å²) in [6.07, 6.45) is 6.58. The molecule has 148 valence electrons. The molecule has 29 heavy (non-hydrogen) atoms. The Labute approximate surface area is 170 Å². The predicted molar refractivity (Wildman–Crippen MR) is 113 cm³/mol. The van der Waals surface area contributed by atoms with Crippen molar-refractivity contribution in [3.63, 3.8) is 0 Å². The second-order valence-electron chi connectivity index (χ2n) is 8.89. The van der Waals surface area contributed by atoms with Crippen molar-refractivity contribution < 1.29 is 14.3 Å². The highest BCUT2D eigenvalue weighted by molar-refractivity contribution is 5.97. The lowest BCUT2D eigenvalue weighted by Gasteiger charge is -2.33. The van der Waals surface area contributed by atoms with E-state index in [1.165, 1.54) is 23.7 Å². The van der Waals surface area contributed by atoms with E-state index in [1.807, 2.05) is 0 Å². The van der Waals surface area contributed by atoms with Crippen LogP contribution < -0.4 is 9.47 Å². The van der Waals surface area contributed by atoms with Gasteiger partial charge in [0.15, 0.2) is 0 Å². The molecule has 3 aromatic rings. The van der Waals surface area contributed by atoms with Gasteiger partial charge in [0.2, 0.25) is 0 Å². The van der Waals surface area contributed by atoms with E-state index in [0.717, 1.165) is 34.9 Å². The molecule has 1 atom stereocenters. The van der Waals surface area contributed by atoms with Crippen LogP contribution in [0, 0.1) is 0 Å². The van der Waals surface area contributed by atoms with Crippen LogP contribution in [0.15, 0.2) is 42.7 Å². The highest BCUT2D eigenvalue weighted by Crippen LogP contribution is 2.49. The van der Waals surface area contributed by atoms with E-state index >= 15 is 0 Å². The maximum absolute atomic E-state index is 12.7. The Balaban J connectivity index is 1.69. The number of esters is 1. The minimum atomic E-state index is -0.385. The summed E-state index contributed by atoms with van der Waals surface area (Å²) in [5, 5.41) is 2.28. The van der Waals surface area contributed by atoms with Gasteiger partial charge in [-0.25, -0.2) is 4.79 Å². The molecule has 2 aliphatic rings. The van der Waals surface area contributed by atoms with Crippen molar-refractivity contribution in [2.24, 2.45) is 0 Å². The quantitative estimate of drug-likeness (QED) is 0.426. The molecule has 0 fully saturated rings. The third kappa shape index (κ3) is 2.89. The molecule has 1 aromatic heterocycles. The van der Waals surface area contributed by atoms with Crippen LogP contribution in [0.4, 0.5) is 0 Å². The number of carbonyl (C=O) groups is 1. The second kappa shape index (κ2) is 6.58. The van der Waals surface area contributed by atoms with Crippen molar-refractivity contribution in [2.75, 3.05) is 6.61 Å². The van der Waals surface area contributed by atoms with E-state index in [-0.39, 0.29) is 17.3 Å². The molecule has 1 aliphatic heterocycles. The first kappa shape index (κ1) is 18.2. The van der Waals surface area contributed by atoms with Gasteiger partial charge in [-0.1, -0.05) is 32.9 Å². The number of carbonyl (C=O) groups excluding carboxylic acids is 1. The number of hydrogen-bond acceptors (Lipinski definition) is 4. The van der Waals surface area contributed by atoms with Crippen LogP contribution >= 0.6 is 0 Å². The van der Waals surface area contributed by atoms with Crippen LogP contribution in [0.2, 0.25) is 0 Å². The van der Waals surface area contributed by atoms with Gasteiger partial charge in [0, 0.05) is 29.3 Å². The molecule has 0 amide bonds. The largest absolute Gasteiger partial charge is 0.492 e. The molecule has 0 spiro atoms. The molecule has 5 rings (SSSR count). The van der Waals surface area contributed by atoms with Gasteiger partial charge in [-0.2, -0.15) is 0 Å². The number of rotatable bonds is 2. The summed E-state index contributed by atoms with van der Waals surface area (Å²) < 4.78 is 12.0. The molecular formula is C25H25NO3. The van der Waals surface area contributed by atoms with E-state index in [1.54, 1.807) is 18.3 Å².